The fourth-order valence-electron chi connectivity index (χ4n) is 3.65. The van der Waals surface area contributed by atoms with Gasteiger partial charge in [-0.3, -0.25) is 0 Å². The van der Waals surface area contributed by atoms with Crippen LogP contribution in [0, 0.1) is 5.82 Å². The molecule has 4 aromatic rings. The predicted octanol–water partition coefficient (Wildman–Crippen LogP) is 7.85. The molecule has 0 aliphatic carbocycles. The van der Waals surface area contributed by atoms with Crippen LogP contribution in [0.2, 0.25) is 0 Å². The van der Waals surface area contributed by atoms with E-state index in [1.54, 1.807) is 6.07 Å². The van der Waals surface area contributed by atoms with Gasteiger partial charge in [0.15, 0.2) is 0 Å². The van der Waals surface area contributed by atoms with Crippen LogP contribution in [0.25, 0.3) is 27.6 Å². The Morgan fingerprint density at radius 3 is 2.00 bits per heavy atom. The van der Waals surface area contributed by atoms with Crippen LogP contribution in [0.15, 0.2) is 91.0 Å². The maximum atomic E-state index is 14.1. The quantitative estimate of drug-likeness (QED) is 0.196. The summed E-state index contributed by atoms with van der Waals surface area (Å²) in [4.78, 5) is 0. The van der Waals surface area contributed by atoms with E-state index in [0.717, 1.165) is 38.4 Å². The van der Waals surface area contributed by atoms with E-state index < -0.39 is 0 Å². The number of halogens is 2. The van der Waals surface area contributed by atoms with E-state index >= 15 is 0 Å². The number of hydrogen-bond acceptors (Lipinski definition) is 1. The van der Waals surface area contributed by atoms with E-state index in [-0.39, 0.29) is 25.7 Å². The molecule has 0 amide bonds. The van der Waals surface area contributed by atoms with E-state index in [9.17, 15) is 9.50 Å². The monoisotopic (exact) mass is 539 g/mol. The minimum atomic E-state index is -0.269. The molecule has 2 nitrogen and oxygen atoms in total. The zero-order valence-corrected chi connectivity index (χ0v) is 23.3. The summed E-state index contributed by atoms with van der Waals surface area (Å²) in [6, 6.07) is 29.0. The summed E-state index contributed by atoms with van der Waals surface area (Å²) in [5.74, 6) is -0.00265. The normalized spacial score (nSPS) is 11.3. The molecule has 0 aliphatic rings. The minimum absolute atomic E-state index is 0.170. The Morgan fingerprint density at radius 2 is 1.40 bits per heavy atom. The SMILES string of the molecule is CC(C)(C)[N-]Cc1cc(F)ccc1Pc1cc(-c2ccccc2)cc(-c2ccccc2)c1O.[Cl][Ti+]. The molecule has 0 bridgehead atoms. The summed E-state index contributed by atoms with van der Waals surface area (Å²) in [7, 11) is 4.81. The Kier molecular flexibility index (Phi) is 10.1. The van der Waals surface area contributed by atoms with Gasteiger partial charge in [0.2, 0.25) is 0 Å². The van der Waals surface area contributed by atoms with Crippen LogP contribution < -0.4 is 10.6 Å². The van der Waals surface area contributed by atoms with E-state index in [0.29, 0.717) is 6.54 Å². The van der Waals surface area contributed by atoms with E-state index in [2.05, 4.69) is 21.4 Å². The molecule has 0 spiro atoms. The molecule has 4 aromatic carbocycles. The van der Waals surface area contributed by atoms with Crippen LogP contribution in [0.1, 0.15) is 26.3 Å². The number of nitrogens with zero attached hydrogens (tertiary/aromatic N) is 1. The molecule has 178 valence electrons. The van der Waals surface area contributed by atoms with Crippen molar-refractivity contribution in [3.8, 4) is 28.0 Å². The fourth-order valence-corrected chi connectivity index (χ4v) is 4.90. The second kappa shape index (κ2) is 12.8. The van der Waals surface area contributed by atoms with Gasteiger partial charge in [0.1, 0.15) is 11.6 Å². The van der Waals surface area contributed by atoms with Crippen molar-refractivity contribution in [2.75, 3.05) is 0 Å². The summed E-state index contributed by atoms with van der Waals surface area (Å²) >= 11 is 1.47. The molecule has 0 aromatic heterocycles. The Balaban J connectivity index is 0.00000167. The number of rotatable bonds is 6. The topological polar surface area (TPSA) is 34.3 Å². The third-order valence-corrected chi connectivity index (χ3v) is 6.77. The van der Waals surface area contributed by atoms with Crippen molar-refractivity contribution in [2.45, 2.75) is 32.9 Å². The number of benzene rings is 4. The zero-order chi connectivity index (χ0) is 25.4. The van der Waals surface area contributed by atoms with Crippen LogP contribution in [-0.4, -0.2) is 10.6 Å². The Hall–Kier alpha value is -2.00. The van der Waals surface area contributed by atoms with Crippen LogP contribution in [0.5, 0.6) is 5.75 Å². The summed E-state index contributed by atoms with van der Waals surface area (Å²) in [5.41, 5.74) is 4.53. The van der Waals surface area contributed by atoms with Gasteiger partial charge in [-0.25, -0.2) is 4.39 Å². The van der Waals surface area contributed by atoms with Crippen LogP contribution in [0.4, 0.5) is 4.39 Å². The summed E-state index contributed by atoms with van der Waals surface area (Å²) in [6.07, 6.45) is 0. The van der Waals surface area contributed by atoms with E-state index in [4.69, 9.17) is 5.32 Å². The first-order chi connectivity index (χ1) is 16.8. The molecule has 35 heavy (non-hydrogen) atoms. The van der Waals surface area contributed by atoms with Crippen molar-refractivity contribution in [1.82, 2.24) is 0 Å². The van der Waals surface area contributed by atoms with Gasteiger partial charge in [-0.2, -0.15) is 0 Å². The van der Waals surface area contributed by atoms with Crippen molar-refractivity contribution in [3.63, 3.8) is 0 Å². The molecule has 0 saturated heterocycles. The third kappa shape index (κ3) is 7.74. The molecule has 0 heterocycles. The van der Waals surface area contributed by atoms with Crippen molar-refractivity contribution in [2.24, 2.45) is 0 Å². The number of phenolic OH excluding ortho intramolecular Hbond substituents is 1. The van der Waals surface area contributed by atoms with E-state index in [1.165, 1.54) is 25.4 Å². The average molecular weight is 540 g/mol. The predicted molar refractivity (Wildman–Crippen MR) is 146 cm³/mol. The molecule has 0 radical (unpaired) electrons. The second-order valence-corrected chi connectivity index (χ2v) is 10.4. The summed E-state index contributed by atoms with van der Waals surface area (Å²) in [5, 5.41) is 17.8. The molecule has 1 unspecified atom stereocenters. The van der Waals surface area contributed by atoms with Crippen molar-refractivity contribution >= 4 is 28.5 Å². The first-order valence-electron chi connectivity index (χ1n) is 11.2. The van der Waals surface area contributed by atoms with Gasteiger partial charge < -0.3 is 10.4 Å². The van der Waals surface area contributed by atoms with Crippen molar-refractivity contribution in [1.29, 1.82) is 0 Å². The number of phenols is 1. The van der Waals surface area contributed by atoms with Gasteiger partial charge in [0.25, 0.3) is 0 Å². The standard InChI is InChI=1S/C29H28FNOP.ClH.Ti/c1-29(2,3)31-19-23-16-24(30)14-15-26(23)33-27-18-22(20-10-6-4-7-11-20)17-25(28(27)32)21-12-8-5-9-13-21;;/h4-18,32-33H,19H2,1-3H3;1H;/q-1;;+2/p-1. The molecule has 6 heteroatoms. The van der Waals surface area contributed by atoms with E-state index in [1.807, 2.05) is 87.5 Å². The maximum absolute atomic E-state index is 14.1. The molecule has 1 atom stereocenters. The van der Waals surface area contributed by atoms with Gasteiger partial charge in [-0.1, -0.05) is 102 Å². The number of aromatic hydroxyl groups is 1. The zero-order valence-electron chi connectivity index (χ0n) is 20.0. The number of hydrogen-bond donors (Lipinski definition) is 1. The Labute approximate surface area is 225 Å². The molecule has 1 N–H and O–H groups in total. The van der Waals surface area contributed by atoms with Gasteiger partial charge in [-0.05, 0) is 46.3 Å². The van der Waals surface area contributed by atoms with Gasteiger partial charge in [0, 0.05) is 10.9 Å². The molecule has 0 saturated carbocycles. The first-order valence-corrected chi connectivity index (χ1v) is 14.4. The van der Waals surface area contributed by atoms with Gasteiger partial charge in [-0.15, -0.1) is 12.1 Å². The Bertz CT molecular complexity index is 1250. The van der Waals surface area contributed by atoms with Crippen molar-refractivity contribution < 1.29 is 28.9 Å². The first kappa shape index (κ1) is 27.6. The molecule has 0 fully saturated rings. The van der Waals surface area contributed by atoms with Crippen LogP contribution >= 0.6 is 17.9 Å². The Morgan fingerprint density at radius 1 is 0.800 bits per heavy atom. The second-order valence-electron chi connectivity index (χ2n) is 9.07. The van der Waals surface area contributed by atoms with Crippen molar-refractivity contribution in [3.05, 3.63) is 108 Å². The molecule has 4 rings (SSSR count). The van der Waals surface area contributed by atoms with Gasteiger partial charge in [0.05, 0.1) is 0 Å². The molecular formula is C29H28ClFNOPTi. The summed E-state index contributed by atoms with van der Waals surface area (Å²) in [6.45, 7) is 6.55. The molecular weight excluding hydrogens is 512 g/mol. The third-order valence-electron chi connectivity index (χ3n) is 5.36. The van der Waals surface area contributed by atoms with Crippen LogP contribution in [-0.2, 0) is 25.9 Å². The molecule has 0 aliphatic heterocycles. The summed E-state index contributed by atoms with van der Waals surface area (Å²) < 4.78 is 14.1. The van der Waals surface area contributed by atoms with Gasteiger partial charge >= 0.3 is 28.7 Å². The fraction of sp³-hybridized carbons (Fsp3) is 0.172. The average Bonchev–Trinajstić information content (AvgIpc) is 2.87. The van der Waals surface area contributed by atoms with Crippen LogP contribution in [0.3, 0.4) is 0 Å².